The van der Waals surface area contributed by atoms with Crippen molar-refractivity contribution in [3.63, 3.8) is 0 Å². The molecule has 0 aromatic heterocycles. The summed E-state index contributed by atoms with van der Waals surface area (Å²) in [7, 11) is 0. The van der Waals surface area contributed by atoms with Crippen LogP contribution in [0.15, 0.2) is 15.7 Å². The molecular weight excluding hydrogens is 158 g/mol. The molecule has 0 radical (unpaired) electrons. The topological polar surface area (TPSA) is 32.6 Å². The van der Waals surface area contributed by atoms with E-state index < -0.39 is 0 Å². The first-order valence-corrected chi connectivity index (χ1v) is 2.59. The van der Waals surface area contributed by atoms with Gasteiger partial charge in [0.15, 0.2) is 0 Å². The molecule has 0 unspecified atom stereocenters. The Balaban J connectivity index is 3.58. The number of hydrogen-bond donors (Lipinski definition) is 1. The van der Waals surface area contributed by atoms with Gasteiger partial charge in [0.25, 0.3) is 0 Å². The molecule has 3 heteroatoms. The van der Waals surface area contributed by atoms with E-state index in [1.54, 1.807) is 6.08 Å². The summed E-state index contributed by atoms with van der Waals surface area (Å²) in [4.78, 5) is 0. The lowest BCUT2D eigenvalue weighted by Crippen LogP contribution is -1.67. The van der Waals surface area contributed by atoms with Gasteiger partial charge in [0, 0.05) is 4.48 Å². The Bertz CT molecular complexity index is 97.9. The van der Waals surface area contributed by atoms with Crippen molar-refractivity contribution in [2.45, 2.75) is 6.92 Å². The first kappa shape index (κ1) is 6.69. The van der Waals surface area contributed by atoms with Crippen LogP contribution in [0.4, 0.5) is 0 Å². The van der Waals surface area contributed by atoms with Gasteiger partial charge in [-0.2, -0.15) is 0 Å². The van der Waals surface area contributed by atoms with Crippen molar-refractivity contribution in [1.29, 1.82) is 0 Å². The second-order valence-electron chi connectivity index (χ2n) is 0.918. The van der Waals surface area contributed by atoms with Crippen molar-refractivity contribution < 1.29 is 5.21 Å². The summed E-state index contributed by atoms with van der Waals surface area (Å²) in [6, 6.07) is 0. The normalized spacial score (nSPS) is 13.1. The molecule has 0 spiro atoms. The van der Waals surface area contributed by atoms with Gasteiger partial charge in [-0.25, -0.2) is 0 Å². The van der Waals surface area contributed by atoms with E-state index in [1.165, 1.54) is 6.21 Å². The molecule has 2 nitrogen and oxygen atoms in total. The monoisotopic (exact) mass is 163 g/mol. The van der Waals surface area contributed by atoms with E-state index in [1.807, 2.05) is 6.92 Å². The zero-order valence-corrected chi connectivity index (χ0v) is 5.51. The summed E-state index contributed by atoms with van der Waals surface area (Å²) in [6.07, 6.45) is 3.08. The highest BCUT2D eigenvalue weighted by molar-refractivity contribution is 9.12. The number of hydrogen-bond acceptors (Lipinski definition) is 2. The Morgan fingerprint density at radius 1 is 1.86 bits per heavy atom. The molecule has 0 atom stereocenters. The van der Waals surface area contributed by atoms with Crippen molar-refractivity contribution in [1.82, 2.24) is 0 Å². The maximum Gasteiger partial charge on any atom is 0.0800 e. The zero-order chi connectivity index (χ0) is 5.70. The van der Waals surface area contributed by atoms with Crippen LogP contribution in [0, 0.1) is 0 Å². The second kappa shape index (κ2) is 3.87. The highest BCUT2D eigenvalue weighted by Crippen LogP contribution is 1.97. The second-order valence-corrected chi connectivity index (χ2v) is 1.83. The third-order valence-corrected chi connectivity index (χ3v) is 1.12. The molecule has 0 saturated heterocycles. The molecule has 0 aliphatic carbocycles. The lowest BCUT2D eigenvalue weighted by molar-refractivity contribution is 0.322. The molecule has 0 aliphatic rings. The first-order valence-electron chi connectivity index (χ1n) is 1.80. The van der Waals surface area contributed by atoms with Crippen molar-refractivity contribution >= 4 is 22.1 Å². The summed E-state index contributed by atoms with van der Waals surface area (Å²) >= 11 is 3.09. The number of nitrogens with zero attached hydrogens (tertiary/aromatic N) is 1. The van der Waals surface area contributed by atoms with Gasteiger partial charge in [-0.1, -0.05) is 11.2 Å². The molecule has 0 aliphatic heterocycles. The Kier molecular flexibility index (Phi) is 3.69. The molecular formula is C4H6BrNO. The van der Waals surface area contributed by atoms with Crippen LogP contribution in [0.5, 0.6) is 0 Å². The van der Waals surface area contributed by atoms with Gasteiger partial charge in [0.2, 0.25) is 0 Å². The van der Waals surface area contributed by atoms with Gasteiger partial charge in [0.1, 0.15) is 0 Å². The molecule has 40 valence electrons. The van der Waals surface area contributed by atoms with Crippen molar-refractivity contribution in [3.05, 3.63) is 10.6 Å². The lowest BCUT2D eigenvalue weighted by atomic mass is 10.6. The first-order chi connectivity index (χ1) is 3.31. The van der Waals surface area contributed by atoms with Gasteiger partial charge in [-0.3, -0.25) is 0 Å². The van der Waals surface area contributed by atoms with Crippen molar-refractivity contribution in [3.8, 4) is 0 Å². The maximum absolute atomic E-state index is 7.87. The molecule has 0 saturated carbocycles. The number of halogens is 1. The summed E-state index contributed by atoms with van der Waals surface area (Å²) in [5, 5.41) is 10.6. The average molecular weight is 164 g/mol. The van der Waals surface area contributed by atoms with Crippen LogP contribution in [-0.2, 0) is 0 Å². The molecule has 0 aromatic carbocycles. The van der Waals surface area contributed by atoms with E-state index in [-0.39, 0.29) is 0 Å². The Hall–Kier alpha value is -0.310. The summed E-state index contributed by atoms with van der Waals surface area (Å²) in [5.74, 6) is 0. The molecule has 7 heavy (non-hydrogen) atoms. The molecule has 0 amide bonds. The van der Waals surface area contributed by atoms with Crippen LogP contribution >= 0.6 is 15.9 Å². The van der Waals surface area contributed by atoms with E-state index in [0.29, 0.717) is 0 Å². The molecule has 0 fully saturated rings. The smallest absolute Gasteiger partial charge is 0.0800 e. The predicted octanol–water partition coefficient (Wildman–Crippen LogP) is 1.75. The minimum atomic E-state index is 0.773. The fourth-order valence-electron chi connectivity index (χ4n) is 0.130. The molecule has 0 bridgehead atoms. The van der Waals surface area contributed by atoms with Crippen LogP contribution in [0.2, 0.25) is 0 Å². The van der Waals surface area contributed by atoms with E-state index in [0.717, 1.165) is 4.48 Å². The SMILES string of the molecule is C/C=C(Br)\C=N\O. The van der Waals surface area contributed by atoms with Crippen LogP contribution in [0.25, 0.3) is 0 Å². The predicted molar refractivity (Wildman–Crippen MR) is 33.0 cm³/mol. The fourth-order valence-corrected chi connectivity index (χ4v) is 0.221. The Morgan fingerprint density at radius 2 is 2.43 bits per heavy atom. The molecule has 0 rings (SSSR count). The Morgan fingerprint density at radius 3 is 2.57 bits per heavy atom. The quantitative estimate of drug-likeness (QED) is 0.357. The Labute approximate surface area is 50.7 Å². The van der Waals surface area contributed by atoms with Crippen molar-refractivity contribution in [2.24, 2.45) is 5.16 Å². The van der Waals surface area contributed by atoms with Crippen LogP contribution in [0.3, 0.4) is 0 Å². The largest absolute Gasteiger partial charge is 0.411 e. The summed E-state index contributed by atoms with van der Waals surface area (Å²) < 4.78 is 0.773. The molecule has 0 aromatic rings. The van der Waals surface area contributed by atoms with Crippen LogP contribution < -0.4 is 0 Å². The molecule has 0 heterocycles. The standard InChI is InChI=1S/C4H6BrNO/c1-2-4(5)3-6-7/h2-3,7H,1H3/b4-2+,6-3+. The molecule has 1 N–H and O–H groups in total. The third kappa shape index (κ3) is 3.52. The minimum absolute atomic E-state index is 0.773. The van der Waals surface area contributed by atoms with Gasteiger partial charge >= 0.3 is 0 Å². The fraction of sp³-hybridized carbons (Fsp3) is 0.250. The van der Waals surface area contributed by atoms with Crippen LogP contribution in [-0.4, -0.2) is 11.4 Å². The van der Waals surface area contributed by atoms with Gasteiger partial charge in [-0.15, -0.1) is 0 Å². The highest BCUT2D eigenvalue weighted by atomic mass is 79.9. The third-order valence-electron chi connectivity index (χ3n) is 0.457. The maximum atomic E-state index is 7.87. The van der Waals surface area contributed by atoms with E-state index in [2.05, 4.69) is 21.1 Å². The number of oxime groups is 1. The average Bonchev–Trinajstić information content (AvgIpc) is 1.68. The van der Waals surface area contributed by atoms with Gasteiger partial charge < -0.3 is 5.21 Å². The van der Waals surface area contributed by atoms with E-state index in [4.69, 9.17) is 5.21 Å². The van der Waals surface area contributed by atoms with E-state index in [9.17, 15) is 0 Å². The summed E-state index contributed by atoms with van der Waals surface area (Å²) in [5.41, 5.74) is 0. The van der Waals surface area contributed by atoms with Crippen molar-refractivity contribution in [2.75, 3.05) is 0 Å². The van der Waals surface area contributed by atoms with Gasteiger partial charge in [0.05, 0.1) is 6.21 Å². The minimum Gasteiger partial charge on any atom is -0.411 e. The zero-order valence-electron chi connectivity index (χ0n) is 3.93. The van der Waals surface area contributed by atoms with E-state index >= 15 is 0 Å². The number of allylic oxidation sites excluding steroid dienone is 2. The van der Waals surface area contributed by atoms with Gasteiger partial charge in [-0.05, 0) is 22.9 Å². The lowest BCUT2D eigenvalue weighted by Gasteiger charge is -1.76. The van der Waals surface area contributed by atoms with Crippen LogP contribution in [0.1, 0.15) is 6.92 Å². The summed E-state index contributed by atoms with van der Waals surface area (Å²) in [6.45, 7) is 1.84. The highest BCUT2D eigenvalue weighted by Gasteiger charge is 1.75. The number of rotatable bonds is 1.